The Hall–Kier alpha value is -3.08. The van der Waals surface area contributed by atoms with E-state index in [1.165, 1.54) is 6.07 Å². The summed E-state index contributed by atoms with van der Waals surface area (Å²) in [5.74, 6) is 0.709. The van der Waals surface area contributed by atoms with Gasteiger partial charge in [-0.2, -0.15) is 0 Å². The van der Waals surface area contributed by atoms with Crippen LogP contribution < -0.4 is 10.1 Å². The molecular formula is C24H27FN2O2. The highest BCUT2D eigenvalue weighted by Crippen LogP contribution is 2.32. The van der Waals surface area contributed by atoms with E-state index < -0.39 is 0 Å². The van der Waals surface area contributed by atoms with E-state index in [1.54, 1.807) is 29.9 Å². The highest BCUT2D eigenvalue weighted by molar-refractivity contribution is 5.97. The molecule has 0 unspecified atom stereocenters. The lowest BCUT2D eigenvalue weighted by atomic mass is 10.1. The predicted molar refractivity (Wildman–Crippen MR) is 114 cm³/mol. The number of benzene rings is 2. The minimum atomic E-state index is -0.345. The Kier molecular flexibility index (Phi) is 6.37. The Morgan fingerprint density at radius 1 is 1.14 bits per heavy atom. The zero-order chi connectivity index (χ0) is 21.0. The fourth-order valence-electron chi connectivity index (χ4n) is 3.34. The summed E-state index contributed by atoms with van der Waals surface area (Å²) in [4.78, 5) is 12.8. The monoisotopic (exact) mass is 394 g/mol. The quantitative estimate of drug-likeness (QED) is 0.585. The van der Waals surface area contributed by atoms with Gasteiger partial charge in [0.2, 0.25) is 0 Å². The van der Waals surface area contributed by atoms with E-state index in [-0.39, 0.29) is 11.7 Å². The average molecular weight is 394 g/mol. The SMILES string of the molecule is COc1cccc(-c2cc(C(=O)NCCC(C)C)c(C)n2-c2ccccc2F)c1. The van der Waals surface area contributed by atoms with Crippen LogP contribution in [0.5, 0.6) is 5.75 Å². The number of hydrogen-bond donors (Lipinski definition) is 1. The number of carbonyl (C=O) groups excluding carboxylic acids is 1. The van der Waals surface area contributed by atoms with E-state index in [4.69, 9.17) is 4.74 Å². The van der Waals surface area contributed by atoms with Gasteiger partial charge in [-0.15, -0.1) is 0 Å². The second-order valence-electron chi connectivity index (χ2n) is 7.49. The number of carbonyl (C=O) groups is 1. The summed E-state index contributed by atoms with van der Waals surface area (Å²) in [6.45, 7) is 6.68. The first kappa shape index (κ1) is 20.6. The van der Waals surface area contributed by atoms with Crippen molar-refractivity contribution in [2.24, 2.45) is 5.92 Å². The van der Waals surface area contributed by atoms with Crippen LogP contribution in [0.25, 0.3) is 16.9 Å². The van der Waals surface area contributed by atoms with Crippen LogP contribution in [0, 0.1) is 18.7 Å². The third-order valence-corrected chi connectivity index (χ3v) is 4.96. The van der Waals surface area contributed by atoms with Gasteiger partial charge in [-0.25, -0.2) is 4.39 Å². The molecule has 0 saturated carbocycles. The zero-order valence-electron chi connectivity index (χ0n) is 17.3. The lowest BCUT2D eigenvalue weighted by molar-refractivity contribution is 0.0951. The molecule has 29 heavy (non-hydrogen) atoms. The van der Waals surface area contributed by atoms with Crippen molar-refractivity contribution in [3.63, 3.8) is 0 Å². The van der Waals surface area contributed by atoms with Crippen LogP contribution in [0.2, 0.25) is 0 Å². The maximum atomic E-state index is 14.7. The molecule has 0 spiro atoms. The molecule has 3 aromatic rings. The number of halogens is 1. The van der Waals surface area contributed by atoms with Gasteiger partial charge >= 0.3 is 0 Å². The molecule has 0 atom stereocenters. The van der Waals surface area contributed by atoms with E-state index in [9.17, 15) is 9.18 Å². The molecular weight excluding hydrogens is 367 g/mol. The van der Waals surface area contributed by atoms with Crippen molar-refractivity contribution in [2.45, 2.75) is 27.2 Å². The Morgan fingerprint density at radius 2 is 1.90 bits per heavy atom. The average Bonchev–Trinajstić information content (AvgIpc) is 3.05. The van der Waals surface area contributed by atoms with Crippen LogP contribution in [-0.2, 0) is 0 Å². The second kappa shape index (κ2) is 8.95. The highest BCUT2D eigenvalue weighted by Gasteiger charge is 2.21. The molecule has 4 nitrogen and oxygen atoms in total. The fourth-order valence-corrected chi connectivity index (χ4v) is 3.34. The molecule has 3 rings (SSSR count). The normalized spacial score (nSPS) is 11.0. The maximum Gasteiger partial charge on any atom is 0.253 e. The summed E-state index contributed by atoms with van der Waals surface area (Å²) < 4.78 is 21.8. The minimum absolute atomic E-state index is 0.151. The first-order valence-corrected chi connectivity index (χ1v) is 9.82. The lowest BCUT2D eigenvalue weighted by Crippen LogP contribution is -2.25. The Balaban J connectivity index is 2.11. The number of nitrogens with one attached hydrogen (secondary N) is 1. The van der Waals surface area contributed by atoms with Gasteiger partial charge in [0, 0.05) is 17.8 Å². The van der Waals surface area contributed by atoms with E-state index in [0.29, 0.717) is 35.2 Å². The van der Waals surface area contributed by atoms with Crippen LogP contribution in [0.1, 0.15) is 36.3 Å². The maximum absolute atomic E-state index is 14.7. The molecule has 0 saturated heterocycles. The molecule has 152 valence electrons. The summed E-state index contributed by atoms with van der Waals surface area (Å²) in [5, 5.41) is 2.98. The minimum Gasteiger partial charge on any atom is -0.497 e. The van der Waals surface area contributed by atoms with Gasteiger partial charge < -0.3 is 14.6 Å². The molecule has 1 heterocycles. The van der Waals surface area contributed by atoms with Gasteiger partial charge in [0.15, 0.2) is 0 Å². The Morgan fingerprint density at radius 3 is 2.59 bits per heavy atom. The topological polar surface area (TPSA) is 43.3 Å². The summed E-state index contributed by atoms with van der Waals surface area (Å²) in [6.07, 6.45) is 0.904. The summed E-state index contributed by atoms with van der Waals surface area (Å²) in [6, 6.07) is 15.9. The molecule has 0 aliphatic heterocycles. The molecule has 0 fully saturated rings. The molecule has 1 aromatic heterocycles. The third kappa shape index (κ3) is 4.50. The number of methoxy groups -OCH3 is 1. The molecule has 5 heteroatoms. The van der Waals surface area contributed by atoms with Crippen LogP contribution in [0.3, 0.4) is 0 Å². The van der Waals surface area contributed by atoms with Crippen LogP contribution in [0.4, 0.5) is 4.39 Å². The zero-order valence-corrected chi connectivity index (χ0v) is 17.3. The van der Waals surface area contributed by atoms with Crippen molar-refractivity contribution in [1.82, 2.24) is 9.88 Å². The van der Waals surface area contributed by atoms with Crippen molar-refractivity contribution in [3.05, 3.63) is 71.7 Å². The number of amides is 1. The van der Waals surface area contributed by atoms with Crippen LogP contribution in [0.15, 0.2) is 54.6 Å². The highest BCUT2D eigenvalue weighted by atomic mass is 19.1. The van der Waals surface area contributed by atoms with Gasteiger partial charge in [0.05, 0.1) is 24.1 Å². The Bertz CT molecular complexity index is 1010. The first-order valence-electron chi connectivity index (χ1n) is 9.82. The van der Waals surface area contributed by atoms with Gasteiger partial charge in [0.25, 0.3) is 5.91 Å². The van der Waals surface area contributed by atoms with Gasteiger partial charge in [-0.1, -0.05) is 38.1 Å². The fraction of sp³-hybridized carbons (Fsp3) is 0.292. The lowest BCUT2D eigenvalue weighted by Gasteiger charge is -2.14. The molecule has 1 amide bonds. The van der Waals surface area contributed by atoms with Crippen molar-refractivity contribution in [2.75, 3.05) is 13.7 Å². The van der Waals surface area contributed by atoms with Crippen LogP contribution >= 0.6 is 0 Å². The summed E-state index contributed by atoms with van der Waals surface area (Å²) >= 11 is 0. The van der Waals surface area contributed by atoms with E-state index >= 15 is 0 Å². The van der Waals surface area contributed by atoms with Crippen molar-refractivity contribution < 1.29 is 13.9 Å². The first-order chi connectivity index (χ1) is 13.9. The van der Waals surface area contributed by atoms with Crippen molar-refractivity contribution >= 4 is 5.91 Å². The molecule has 2 aromatic carbocycles. The van der Waals surface area contributed by atoms with Crippen molar-refractivity contribution in [1.29, 1.82) is 0 Å². The largest absolute Gasteiger partial charge is 0.497 e. The molecule has 0 radical (unpaired) electrons. The molecule has 1 N–H and O–H groups in total. The van der Waals surface area contributed by atoms with E-state index in [2.05, 4.69) is 19.2 Å². The van der Waals surface area contributed by atoms with Gasteiger partial charge in [0.1, 0.15) is 11.6 Å². The summed E-state index contributed by atoms with van der Waals surface area (Å²) in [7, 11) is 1.61. The molecule has 0 aliphatic carbocycles. The number of aromatic nitrogens is 1. The predicted octanol–water partition coefficient (Wildman–Crippen LogP) is 5.38. The number of hydrogen-bond acceptors (Lipinski definition) is 2. The standard InChI is InChI=1S/C24H27FN2O2/c1-16(2)12-13-26-24(28)20-15-23(18-8-7-9-19(14-18)29-4)27(17(20)3)22-11-6-5-10-21(22)25/h5-11,14-16H,12-13H2,1-4H3,(H,26,28). The molecule has 0 aliphatic rings. The Labute approximate surface area is 171 Å². The number of para-hydroxylation sites is 1. The number of ether oxygens (including phenoxy) is 1. The van der Waals surface area contributed by atoms with Gasteiger partial charge in [-0.05, 0) is 49.6 Å². The van der Waals surface area contributed by atoms with E-state index in [0.717, 1.165) is 17.7 Å². The summed E-state index contributed by atoms with van der Waals surface area (Å²) in [5.41, 5.74) is 3.21. The van der Waals surface area contributed by atoms with E-state index in [1.807, 2.05) is 37.3 Å². The molecule has 0 bridgehead atoms. The van der Waals surface area contributed by atoms with Gasteiger partial charge in [-0.3, -0.25) is 4.79 Å². The number of rotatable bonds is 7. The number of nitrogens with zero attached hydrogens (tertiary/aromatic N) is 1. The second-order valence-corrected chi connectivity index (χ2v) is 7.49. The smallest absolute Gasteiger partial charge is 0.253 e. The van der Waals surface area contributed by atoms with Crippen LogP contribution in [-0.4, -0.2) is 24.1 Å². The van der Waals surface area contributed by atoms with Crippen molar-refractivity contribution in [3.8, 4) is 22.7 Å². The third-order valence-electron chi connectivity index (χ3n) is 4.96.